The Kier molecular flexibility index (Phi) is 7.62. The van der Waals surface area contributed by atoms with Crippen LogP contribution in [0.3, 0.4) is 0 Å². The first-order chi connectivity index (χ1) is 12.6. The molecular weight excluding hydrogens is 322 g/mol. The first-order valence-electron chi connectivity index (χ1n) is 9.54. The zero-order valence-corrected chi connectivity index (χ0v) is 16.1. The Morgan fingerprint density at radius 3 is 2.23 bits per heavy atom. The topological polar surface area (TPSA) is 59.9 Å². The second-order valence-electron chi connectivity index (χ2n) is 6.86. The lowest BCUT2D eigenvalue weighted by Gasteiger charge is -2.22. The summed E-state index contributed by atoms with van der Waals surface area (Å²) in [4.78, 5) is 17.2. The third-order valence-electron chi connectivity index (χ3n) is 4.61. The minimum Gasteiger partial charge on any atom is -0.325 e. The molecule has 0 saturated carbocycles. The third-order valence-corrected chi connectivity index (χ3v) is 4.61. The summed E-state index contributed by atoms with van der Waals surface area (Å²) < 4.78 is 0. The second kappa shape index (κ2) is 9.94. The fourth-order valence-corrected chi connectivity index (χ4v) is 3.11. The van der Waals surface area contributed by atoms with E-state index in [9.17, 15) is 10.1 Å². The highest BCUT2D eigenvalue weighted by atomic mass is 16.1. The summed E-state index contributed by atoms with van der Waals surface area (Å²) in [5, 5.41) is 9.31. The molecular formula is C22H29N3O. The number of hydrogen-bond acceptors (Lipinski definition) is 3. The van der Waals surface area contributed by atoms with Gasteiger partial charge in [0, 0.05) is 17.8 Å². The van der Waals surface area contributed by atoms with Crippen molar-refractivity contribution in [3.63, 3.8) is 0 Å². The van der Waals surface area contributed by atoms with Gasteiger partial charge in [-0.1, -0.05) is 51.0 Å². The average Bonchev–Trinajstić information content (AvgIpc) is 2.64. The van der Waals surface area contributed by atoms with Crippen LogP contribution in [0.5, 0.6) is 0 Å². The quantitative estimate of drug-likeness (QED) is 0.717. The Labute approximate surface area is 156 Å². The molecule has 0 aliphatic heterocycles. The van der Waals surface area contributed by atoms with E-state index >= 15 is 0 Å². The number of rotatable bonds is 9. The molecule has 0 radical (unpaired) electrons. The second-order valence-corrected chi connectivity index (χ2v) is 6.86. The van der Waals surface area contributed by atoms with Crippen LogP contribution in [0.25, 0.3) is 11.1 Å². The minimum atomic E-state index is -0.322. The highest BCUT2D eigenvalue weighted by Gasteiger charge is 2.11. The number of nitrogens with zero attached hydrogens (tertiary/aromatic N) is 2. The highest BCUT2D eigenvalue weighted by molar-refractivity contribution is 5.70. The van der Waals surface area contributed by atoms with Gasteiger partial charge in [0.25, 0.3) is 5.56 Å². The number of aryl methyl sites for hydroxylation is 1. The van der Waals surface area contributed by atoms with Crippen LogP contribution in [-0.2, 0) is 6.54 Å². The lowest BCUT2D eigenvalue weighted by atomic mass is 9.99. The molecule has 1 heterocycles. The molecule has 0 spiro atoms. The maximum absolute atomic E-state index is 12.0. The Balaban J connectivity index is 2.20. The molecule has 0 saturated heterocycles. The Morgan fingerprint density at radius 2 is 1.69 bits per heavy atom. The van der Waals surface area contributed by atoms with Crippen LogP contribution in [0.15, 0.2) is 35.1 Å². The van der Waals surface area contributed by atoms with Crippen molar-refractivity contribution in [1.29, 1.82) is 5.26 Å². The van der Waals surface area contributed by atoms with Crippen LogP contribution >= 0.6 is 0 Å². The lowest BCUT2D eigenvalue weighted by molar-refractivity contribution is 0.257. The molecule has 1 aromatic heterocycles. The third kappa shape index (κ3) is 5.31. The van der Waals surface area contributed by atoms with Gasteiger partial charge >= 0.3 is 0 Å². The predicted octanol–water partition coefficient (Wildman–Crippen LogP) is 4.62. The molecule has 138 valence electrons. The number of hydrogen-bond donors (Lipinski definition) is 1. The maximum atomic E-state index is 12.0. The lowest BCUT2D eigenvalue weighted by Crippen LogP contribution is -2.25. The van der Waals surface area contributed by atoms with Gasteiger partial charge in [0.15, 0.2) is 0 Å². The van der Waals surface area contributed by atoms with Gasteiger partial charge in [-0.05, 0) is 50.0 Å². The van der Waals surface area contributed by atoms with Gasteiger partial charge in [0.05, 0.1) is 0 Å². The Hall–Kier alpha value is -2.38. The number of nitrogens with one attached hydrogen (secondary N) is 1. The van der Waals surface area contributed by atoms with Crippen LogP contribution in [0.2, 0.25) is 0 Å². The molecule has 0 aliphatic rings. The molecule has 2 aromatic rings. The van der Waals surface area contributed by atoms with E-state index in [-0.39, 0.29) is 11.1 Å². The molecule has 1 N–H and O–H groups in total. The summed E-state index contributed by atoms with van der Waals surface area (Å²) in [6, 6.07) is 12.1. The fourth-order valence-electron chi connectivity index (χ4n) is 3.11. The number of H-pyrrole nitrogens is 1. The highest BCUT2D eigenvalue weighted by Crippen LogP contribution is 2.23. The van der Waals surface area contributed by atoms with E-state index < -0.39 is 0 Å². The minimum absolute atomic E-state index is 0.177. The molecule has 0 fully saturated rings. The average molecular weight is 351 g/mol. The van der Waals surface area contributed by atoms with Crippen molar-refractivity contribution in [2.75, 3.05) is 13.1 Å². The van der Waals surface area contributed by atoms with E-state index in [1.54, 1.807) is 0 Å². The number of aromatic nitrogens is 1. The maximum Gasteiger partial charge on any atom is 0.266 e. The number of unbranched alkanes of at least 4 members (excludes halogenated alkanes) is 2. The van der Waals surface area contributed by atoms with Crippen LogP contribution in [-0.4, -0.2) is 23.0 Å². The van der Waals surface area contributed by atoms with Gasteiger partial charge in [0.2, 0.25) is 0 Å². The molecule has 1 aromatic carbocycles. The van der Waals surface area contributed by atoms with Gasteiger partial charge in [-0.15, -0.1) is 0 Å². The Bertz CT molecular complexity index is 792. The number of nitriles is 1. The van der Waals surface area contributed by atoms with E-state index in [0.29, 0.717) is 5.56 Å². The number of pyridine rings is 1. The molecule has 4 heteroatoms. The van der Waals surface area contributed by atoms with Crippen LogP contribution in [0.1, 0.15) is 56.4 Å². The van der Waals surface area contributed by atoms with Crippen molar-refractivity contribution in [3.05, 3.63) is 57.5 Å². The molecule has 26 heavy (non-hydrogen) atoms. The van der Waals surface area contributed by atoms with E-state index in [1.165, 1.54) is 31.2 Å². The fraction of sp³-hybridized carbons (Fsp3) is 0.455. The normalized spacial score (nSPS) is 10.9. The standard InChI is InChI=1S/C22H29N3O/c1-4-6-12-25(13-7-5-2)16-18-8-10-19(11-9-18)20-14-17(3)24-22(26)21(20)15-23/h8-11,14H,4-7,12-13,16H2,1-3H3,(H,24,26). The number of aromatic amines is 1. The van der Waals surface area contributed by atoms with Crippen molar-refractivity contribution in [3.8, 4) is 17.2 Å². The molecule has 0 atom stereocenters. The van der Waals surface area contributed by atoms with Gasteiger partial charge in [-0.3, -0.25) is 9.69 Å². The monoisotopic (exact) mass is 351 g/mol. The van der Waals surface area contributed by atoms with E-state index in [0.717, 1.165) is 30.9 Å². The summed E-state index contributed by atoms with van der Waals surface area (Å²) >= 11 is 0. The van der Waals surface area contributed by atoms with Crippen molar-refractivity contribution in [2.24, 2.45) is 0 Å². The van der Waals surface area contributed by atoms with Crippen molar-refractivity contribution < 1.29 is 0 Å². The van der Waals surface area contributed by atoms with Gasteiger partial charge in [0.1, 0.15) is 11.6 Å². The zero-order valence-electron chi connectivity index (χ0n) is 16.1. The molecule has 2 rings (SSSR count). The summed E-state index contributed by atoms with van der Waals surface area (Å²) in [6.07, 6.45) is 4.86. The molecule has 0 aliphatic carbocycles. The molecule has 4 nitrogen and oxygen atoms in total. The van der Waals surface area contributed by atoms with E-state index in [2.05, 4.69) is 35.9 Å². The summed E-state index contributed by atoms with van der Waals surface area (Å²) in [6.45, 7) is 9.49. The molecule has 0 bridgehead atoms. The van der Waals surface area contributed by atoms with Crippen molar-refractivity contribution >= 4 is 0 Å². The number of benzene rings is 1. The zero-order chi connectivity index (χ0) is 18.9. The first kappa shape index (κ1) is 19.9. The van der Waals surface area contributed by atoms with Crippen LogP contribution in [0.4, 0.5) is 0 Å². The van der Waals surface area contributed by atoms with Crippen LogP contribution < -0.4 is 5.56 Å². The summed E-state index contributed by atoms with van der Waals surface area (Å²) in [5.41, 5.74) is 3.49. The van der Waals surface area contributed by atoms with Gasteiger partial charge < -0.3 is 4.98 Å². The predicted molar refractivity (Wildman–Crippen MR) is 107 cm³/mol. The van der Waals surface area contributed by atoms with Crippen molar-refractivity contribution in [2.45, 2.75) is 53.0 Å². The van der Waals surface area contributed by atoms with Gasteiger partial charge in [-0.25, -0.2) is 0 Å². The summed E-state index contributed by atoms with van der Waals surface area (Å²) in [7, 11) is 0. The Morgan fingerprint density at radius 1 is 1.08 bits per heavy atom. The largest absolute Gasteiger partial charge is 0.325 e. The molecule has 0 unspecified atom stereocenters. The smallest absolute Gasteiger partial charge is 0.266 e. The SMILES string of the molecule is CCCCN(CCCC)Cc1ccc(-c2cc(C)[nH]c(=O)c2C#N)cc1. The summed E-state index contributed by atoms with van der Waals surface area (Å²) in [5.74, 6) is 0. The van der Waals surface area contributed by atoms with Gasteiger partial charge in [-0.2, -0.15) is 5.26 Å². The van der Waals surface area contributed by atoms with Crippen molar-refractivity contribution in [1.82, 2.24) is 9.88 Å². The van der Waals surface area contributed by atoms with E-state index in [4.69, 9.17) is 0 Å². The first-order valence-corrected chi connectivity index (χ1v) is 9.54. The van der Waals surface area contributed by atoms with Crippen LogP contribution in [0, 0.1) is 18.3 Å². The van der Waals surface area contributed by atoms with E-state index in [1.807, 2.05) is 31.2 Å². The molecule has 0 amide bonds.